The van der Waals surface area contributed by atoms with Gasteiger partial charge in [-0.1, -0.05) is 25.4 Å². The highest BCUT2D eigenvalue weighted by Gasteiger charge is 2.29. The highest BCUT2D eigenvalue weighted by atomic mass is 35.5. The molecule has 1 amide bonds. The third-order valence-corrected chi connectivity index (χ3v) is 5.03. The zero-order valence-electron chi connectivity index (χ0n) is 14.0. The summed E-state index contributed by atoms with van der Waals surface area (Å²) in [5, 5.41) is 1.94. The third kappa shape index (κ3) is 3.25. The summed E-state index contributed by atoms with van der Waals surface area (Å²) in [4.78, 5) is 18.5. The molecule has 1 unspecified atom stereocenters. The van der Waals surface area contributed by atoms with Crippen molar-refractivity contribution in [2.45, 2.75) is 46.0 Å². The topological polar surface area (TPSA) is 36.1 Å². The number of nitrogens with one attached hydrogen (secondary N) is 1. The molecule has 23 heavy (non-hydrogen) atoms. The molecule has 1 atom stereocenters. The molecule has 0 saturated carbocycles. The molecular formula is C19H25ClN2O. The van der Waals surface area contributed by atoms with E-state index >= 15 is 0 Å². The molecule has 1 aromatic carbocycles. The number of benzene rings is 1. The maximum atomic E-state index is 12.9. The number of hydrogen-bond donors (Lipinski definition) is 1. The highest BCUT2D eigenvalue weighted by Crippen LogP contribution is 2.33. The summed E-state index contributed by atoms with van der Waals surface area (Å²) in [6, 6.07) is 5.97. The molecule has 3 nitrogen and oxygen atoms in total. The van der Waals surface area contributed by atoms with E-state index in [0.717, 1.165) is 55.7 Å². The number of amides is 1. The van der Waals surface area contributed by atoms with Crippen molar-refractivity contribution in [2.75, 3.05) is 13.1 Å². The number of carbonyl (C=O) groups is 1. The fourth-order valence-electron chi connectivity index (χ4n) is 3.73. The van der Waals surface area contributed by atoms with Crippen molar-refractivity contribution < 1.29 is 4.79 Å². The fourth-order valence-corrected chi connectivity index (χ4v) is 3.90. The standard InChI is InChI=1S/C19H25ClN2O/c1-3-9-22(10-4-2)19(23)13-5-7-17-15(11-13)16-12-14(20)6-8-18(16)21-17/h6,8,12-13,21H,3-5,7,9-11H2,1-2H3. The second-order valence-corrected chi connectivity index (χ2v) is 6.97. The molecule has 2 aromatic rings. The van der Waals surface area contributed by atoms with E-state index in [2.05, 4.69) is 23.7 Å². The molecule has 1 aliphatic carbocycles. The van der Waals surface area contributed by atoms with Crippen LogP contribution >= 0.6 is 11.6 Å². The molecule has 0 aliphatic heterocycles. The summed E-state index contributed by atoms with van der Waals surface area (Å²) >= 11 is 6.16. The number of fused-ring (bicyclic) bond motifs is 3. The lowest BCUT2D eigenvalue weighted by atomic mass is 9.85. The summed E-state index contributed by atoms with van der Waals surface area (Å²) in [7, 11) is 0. The Morgan fingerprint density at radius 3 is 2.74 bits per heavy atom. The summed E-state index contributed by atoms with van der Waals surface area (Å²) in [5.74, 6) is 0.439. The van der Waals surface area contributed by atoms with Gasteiger partial charge in [0.2, 0.25) is 5.91 Å². The predicted octanol–water partition coefficient (Wildman–Crippen LogP) is 4.57. The van der Waals surface area contributed by atoms with Gasteiger partial charge in [-0.2, -0.15) is 0 Å². The number of hydrogen-bond acceptors (Lipinski definition) is 1. The van der Waals surface area contributed by atoms with Gasteiger partial charge < -0.3 is 9.88 Å². The first-order chi connectivity index (χ1) is 11.1. The Morgan fingerprint density at radius 2 is 2.04 bits per heavy atom. The van der Waals surface area contributed by atoms with Crippen LogP contribution in [-0.2, 0) is 17.6 Å². The van der Waals surface area contributed by atoms with Crippen molar-refractivity contribution in [2.24, 2.45) is 5.92 Å². The molecule has 1 heterocycles. The molecule has 1 aliphatic rings. The summed E-state index contributed by atoms with van der Waals surface area (Å²) in [5.41, 5.74) is 3.70. The van der Waals surface area contributed by atoms with Crippen LogP contribution in [0.4, 0.5) is 0 Å². The van der Waals surface area contributed by atoms with Crippen LogP contribution in [0, 0.1) is 5.92 Å². The molecule has 0 spiro atoms. The minimum atomic E-state index is 0.110. The maximum absolute atomic E-state index is 12.9. The molecule has 4 heteroatoms. The molecule has 0 bridgehead atoms. The molecule has 3 rings (SSSR count). The van der Waals surface area contributed by atoms with Crippen LogP contribution in [0.5, 0.6) is 0 Å². The number of aromatic amines is 1. The lowest BCUT2D eigenvalue weighted by molar-refractivity contribution is -0.136. The SMILES string of the molecule is CCCN(CCC)C(=O)C1CCc2[nH]c3ccc(Cl)cc3c2C1. The van der Waals surface area contributed by atoms with Gasteiger partial charge in [-0.3, -0.25) is 4.79 Å². The van der Waals surface area contributed by atoms with E-state index in [0.29, 0.717) is 5.91 Å². The van der Waals surface area contributed by atoms with Crippen LogP contribution in [0.1, 0.15) is 44.4 Å². The fraction of sp³-hybridized carbons (Fsp3) is 0.526. The van der Waals surface area contributed by atoms with Crippen LogP contribution in [0.2, 0.25) is 5.02 Å². The first-order valence-electron chi connectivity index (χ1n) is 8.71. The van der Waals surface area contributed by atoms with Crippen molar-refractivity contribution in [3.63, 3.8) is 0 Å². The largest absolute Gasteiger partial charge is 0.358 e. The first kappa shape index (κ1) is 16.4. The average molecular weight is 333 g/mol. The van der Waals surface area contributed by atoms with Crippen LogP contribution in [0.15, 0.2) is 18.2 Å². The Morgan fingerprint density at radius 1 is 1.30 bits per heavy atom. The van der Waals surface area contributed by atoms with E-state index < -0.39 is 0 Å². The molecule has 124 valence electrons. The molecule has 0 saturated heterocycles. The van der Waals surface area contributed by atoms with E-state index in [1.165, 1.54) is 16.6 Å². The number of aryl methyl sites for hydroxylation is 1. The highest BCUT2D eigenvalue weighted by molar-refractivity contribution is 6.31. The number of nitrogens with zero attached hydrogens (tertiary/aromatic N) is 1. The van der Waals surface area contributed by atoms with E-state index in [1.807, 2.05) is 18.2 Å². The van der Waals surface area contributed by atoms with E-state index in [4.69, 9.17) is 11.6 Å². The maximum Gasteiger partial charge on any atom is 0.226 e. The minimum absolute atomic E-state index is 0.110. The van der Waals surface area contributed by atoms with Gasteiger partial charge in [0.25, 0.3) is 0 Å². The quantitative estimate of drug-likeness (QED) is 0.855. The predicted molar refractivity (Wildman–Crippen MR) is 96.0 cm³/mol. The Kier molecular flexibility index (Phi) is 4.96. The number of rotatable bonds is 5. The summed E-state index contributed by atoms with van der Waals surface area (Å²) in [6.07, 6.45) is 4.76. The summed E-state index contributed by atoms with van der Waals surface area (Å²) < 4.78 is 0. The van der Waals surface area contributed by atoms with Crippen LogP contribution < -0.4 is 0 Å². The van der Waals surface area contributed by atoms with Gasteiger partial charge in [0.1, 0.15) is 0 Å². The van der Waals surface area contributed by atoms with Crippen LogP contribution in [0.3, 0.4) is 0 Å². The van der Waals surface area contributed by atoms with Crippen molar-refractivity contribution in [3.05, 3.63) is 34.5 Å². The number of H-pyrrole nitrogens is 1. The Bertz CT molecular complexity index is 701. The smallest absolute Gasteiger partial charge is 0.226 e. The van der Waals surface area contributed by atoms with Crippen molar-refractivity contribution in [3.8, 4) is 0 Å². The second-order valence-electron chi connectivity index (χ2n) is 6.54. The van der Waals surface area contributed by atoms with Gasteiger partial charge in [-0.25, -0.2) is 0 Å². The first-order valence-corrected chi connectivity index (χ1v) is 9.09. The lowest BCUT2D eigenvalue weighted by Crippen LogP contribution is -2.39. The number of carbonyl (C=O) groups excluding carboxylic acids is 1. The second kappa shape index (κ2) is 6.96. The van der Waals surface area contributed by atoms with Crippen molar-refractivity contribution in [1.82, 2.24) is 9.88 Å². The third-order valence-electron chi connectivity index (χ3n) is 4.80. The molecule has 0 fully saturated rings. The van der Waals surface area contributed by atoms with Crippen molar-refractivity contribution >= 4 is 28.4 Å². The van der Waals surface area contributed by atoms with Gasteiger partial charge in [-0.05, 0) is 55.9 Å². The zero-order chi connectivity index (χ0) is 16.4. The van der Waals surface area contributed by atoms with E-state index in [1.54, 1.807) is 0 Å². The van der Waals surface area contributed by atoms with Crippen LogP contribution in [-0.4, -0.2) is 28.9 Å². The normalized spacial score (nSPS) is 17.3. The summed E-state index contributed by atoms with van der Waals surface area (Å²) in [6.45, 7) is 6.01. The Labute approximate surface area is 143 Å². The molecule has 0 radical (unpaired) electrons. The van der Waals surface area contributed by atoms with Gasteiger partial charge in [0.15, 0.2) is 0 Å². The van der Waals surface area contributed by atoms with Crippen LogP contribution in [0.25, 0.3) is 10.9 Å². The Hall–Kier alpha value is -1.48. The number of aromatic nitrogens is 1. The lowest BCUT2D eigenvalue weighted by Gasteiger charge is -2.29. The average Bonchev–Trinajstić information content (AvgIpc) is 2.91. The molecule has 1 aromatic heterocycles. The van der Waals surface area contributed by atoms with Gasteiger partial charge >= 0.3 is 0 Å². The monoisotopic (exact) mass is 332 g/mol. The van der Waals surface area contributed by atoms with Gasteiger partial charge in [0.05, 0.1) is 0 Å². The van der Waals surface area contributed by atoms with Crippen molar-refractivity contribution in [1.29, 1.82) is 0 Å². The molecular weight excluding hydrogens is 308 g/mol. The zero-order valence-corrected chi connectivity index (χ0v) is 14.7. The van der Waals surface area contributed by atoms with E-state index in [-0.39, 0.29) is 5.92 Å². The van der Waals surface area contributed by atoms with E-state index in [9.17, 15) is 4.79 Å². The van der Waals surface area contributed by atoms with Gasteiger partial charge in [-0.15, -0.1) is 0 Å². The molecule has 1 N–H and O–H groups in total. The van der Waals surface area contributed by atoms with Gasteiger partial charge in [0, 0.05) is 40.6 Å². The minimum Gasteiger partial charge on any atom is -0.358 e. The Balaban J connectivity index is 1.85. The number of halogens is 1.